The van der Waals surface area contributed by atoms with Gasteiger partial charge in [-0.2, -0.15) is 0 Å². The smallest absolute Gasteiger partial charge is 0.119 e. The summed E-state index contributed by atoms with van der Waals surface area (Å²) >= 11 is 0. The van der Waals surface area contributed by atoms with E-state index in [0.29, 0.717) is 0 Å². The number of hydrogen-bond acceptors (Lipinski definition) is 1. The van der Waals surface area contributed by atoms with Crippen molar-refractivity contribution in [3.8, 4) is 5.75 Å². The van der Waals surface area contributed by atoms with Crippen LogP contribution in [0.3, 0.4) is 0 Å². The molecule has 0 saturated heterocycles. The Balaban J connectivity index is 2.16. The number of fused-ring (bicyclic) bond motifs is 1. The molecule has 0 radical (unpaired) electrons. The van der Waals surface area contributed by atoms with Gasteiger partial charge in [-0.15, -0.1) is 0 Å². The minimum absolute atomic E-state index is 0.836. The second-order valence-electron chi connectivity index (χ2n) is 4.69. The fraction of sp³-hybridized carbons (Fsp3) is 0.571. The van der Waals surface area contributed by atoms with E-state index in [9.17, 15) is 0 Å². The van der Waals surface area contributed by atoms with E-state index in [0.717, 1.165) is 17.6 Å². The zero-order valence-corrected chi connectivity index (χ0v) is 9.92. The molecule has 0 saturated carbocycles. The summed E-state index contributed by atoms with van der Waals surface area (Å²) in [6.07, 6.45) is 3.78. The van der Waals surface area contributed by atoms with E-state index in [1.54, 1.807) is 7.11 Å². The molecule has 0 bridgehead atoms. The van der Waals surface area contributed by atoms with Crippen LogP contribution in [0.1, 0.15) is 31.4 Å². The highest BCUT2D eigenvalue weighted by atomic mass is 16.5. The molecule has 1 aliphatic carbocycles. The first-order chi connectivity index (χ1) is 7.24. The first kappa shape index (κ1) is 10.5. The van der Waals surface area contributed by atoms with Crippen molar-refractivity contribution < 1.29 is 4.74 Å². The predicted molar refractivity (Wildman–Crippen MR) is 63.3 cm³/mol. The lowest BCUT2D eigenvalue weighted by molar-refractivity contribution is 0.363. The standard InChI is InChI=1S/C14H20O/c1-4-10(2)12-7-11-5-6-14(15-3)9-13(11)8-12/h5-6,9-10,12H,4,7-8H2,1-3H3. The largest absolute Gasteiger partial charge is 0.497 e. The summed E-state index contributed by atoms with van der Waals surface area (Å²) in [5.74, 6) is 2.68. The highest BCUT2D eigenvalue weighted by molar-refractivity contribution is 5.39. The number of methoxy groups -OCH3 is 1. The Morgan fingerprint density at radius 3 is 2.73 bits per heavy atom. The third-order valence-corrected chi connectivity index (χ3v) is 3.83. The summed E-state index contributed by atoms with van der Waals surface area (Å²) in [5.41, 5.74) is 3.03. The average Bonchev–Trinajstić information content (AvgIpc) is 2.70. The molecule has 2 atom stereocenters. The normalized spacial score (nSPS) is 21.1. The van der Waals surface area contributed by atoms with Gasteiger partial charge in [0.25, 0.3) is 0 Å². The summed E-state index contributed by atoms with van der Waals surface area (Å²) in [5, 5.41) is 0. The van der Waals surface area contributed by atoms with Crippen molar-refractivity contribution in [1.29, 1.82) is 0 Å². The van der Waals surface area contributed by atoms with Crippen LogP contribution in [0.4, 0.5) is 0 Å². The molecule has 1 heteroatoms. The van der Waals surface area contributed by atoms with Crippen molar-refractivity contribution in [2.45, 2.75) is 33.1 Å². The first-order valence-corrected chi connectivity index (χ1v) is 5.90. The van der Waals surface area contributed by atoms with Crippen molar-refractivity contribution in [1.82, 2.24) is 0 Å². The Labute approximate surface area is 92.5 Å². The summed E-state index contributed by atoms with van der Waals surface area (Å²) in [4.78, 5) is 0. The Kier molecular flexibility index (Phi) is 2.99. The second-order valence-corrected chi connectivity index (χ2v) is 4.69. The molecule has 1 nitrogen and oxygen atoms in total. The van der Waals surface area contributed by atoms with Gasteiger partial charge in [-0.3, -0.25) is 0 Å². The number of hydrogen-bond donors (Lipinski definition) is 0. The van der Waals surface area contributed by atoms with E-state index in [-0.39, 0.29) is 0 Å². The van der Waals surface area contributed by atoms with E-state index in [1.165, 1.54) is 30.4 Å². The Morgan fingerprint density at radius 1 is 1.33 bits per heavy atom. The van der Waals surface area contributed by atoms with Crippen molar-refractivity contribution in [2.24, 2.45) is 11.8 Å². The summed E-state index contributed by atoms with van der Waals surface area (Å²) in [6, 6.07) is 6.52. The maximum Gasteiger partial charge on any atom is 0.119 e. The third-order valence-electron chi connectivity index (χ3n) is 3.83. The van der Waals surface area contributed by atoms with Crippen LogP contribution in [-0.2, 0) is 12.8 Å². The molecule has 0 aliphatic heterocycles. The SMILES string of the molecule is CCC(C)C1Cc2ccc(OC)cc2C1. The van der Waals surface area contributed by atoms with E-state index in [2.05, 4.69) is 32.0 Å². The van der Waals surface area contributed by atoms with Gasteiger partial charge in [-0.05, 0) is 47.9 Å². The summed E-state index contributed by atoms with van der Waals surface area (Å²) in [6.45, 7) is 4.65. The van der Waals surface area contributed by atoms with Crippen LogP contribution < -0.4 is 4.74 Å². The maximum atomic E-state index is 5.26. The van der Waals surface area contributed by atoms with Gasteiger partial charge in [0, 0.05) is 0 Å². The molecule has 0 spiro atoms. The Morgan fingerprint density at radius 2 is 2.07 bits per heavy atom. The molecular weight excluding hydrogens is 184 g/mol. The lowest BCUT2D eigenvalue weighted by Crippen LogP contribution is -2.10. The van der Waals surface area contributed by atoms with Gasteiger partial charge in [0.15, 0.2) is 0 Å². The molecule has 2 rings (SSSR count). The predicted octanol–water partition coefficient (Wildman–Crippen LogP) is 3.46. The van der Waals surface area contributed by atoms with Crippen molar-refractivity contribution in [3.05, 3.63) is 29.3 Å². The van der Waals surface area contributed by atoms with Gasteiger partial charge < -0.3 is 4.74 Å². The summed E-state index contributed by atoms with van der Waals surface area (Å²) in [7, 11) is 1.74. The fourth-order valence-corrected chi connectivity index (χ4v) is 2.49. The summed E-state index contributed by atoms with van der Waals surface area (Å²) < 4.78 is 5.26. The van der Waals surface area contributed by atoms with Crippen LogP contribution in [0.15, 0.2) is 18.2 Å². The van der Waals surface area contributed by atoms with Crippen LogP contribution in [0.5, 0.6) is 5.75 Å². The minimum Gasteiger partial charge on any atom is -0.497 e. The van der Waals surface area contributed by atoms with Gasteiger partial charge in [-0.1, -0.05) is 26.3 Å². The molecule has 1 aliphatic rings. The molecule has 0 fully saturated rings. The van der Waals surface area contributed by atoms with Gasteiger partial charge >= 0.3 is 0 Å². The fourth-order valence-electron chi connectivity index (χ4n) is 2.49. The Bertz CT molecular complexity index is 343. The van der Waals surface area contributed by atoms with Gasteiger partial charge in [0.1, 0.15) is 5.75 Å². The third kappa shape index (κ3) is 2.01. The average molecular weight is 204 g/mol. The van der Waals surface area contributed by atoms with E-state index >= 15 is 0 Å². The van der Waals surface area contributed by atoms with E-state index < -0.39 is 0 Å². The monoisotopic (exact) mass is 204 g/mol. The number of ether oxygens (including phenoxy) is 1. The number of benzene rings is 1. The van der Waals surface area contributed by atoms with Crippen molar-refractivity contribution in [2.75, 3.05) is 7.11 Å². The topological polar surface area (TPSA) is 9.23 Å². The lowest BCUT2D eigenvalue weighted by Gasteiger charge is -2.16. The second kappa shape index (κ2) is 4.26. The molecule has 1 aromatic rings. The molecule has 0 amide bonds. The van der Waals surface area contributed by atoms with Crippen LogP contribution in [0, 0.1) is 11.8 Å². The lowest BCUT2D eigenvalue weighted by atomic mass is 9.89. The van der Waals surface area contributed by atoms with E-state index in [1.807, 2.05) is 0 Å². The molecule has 0 N–H and O–H groups in total. The van der Waals surface area contributed by atoms with Crippen molar-refractivity contribution in [3.63, 3.8) is 0 Å². The Hall–Kier alpha value is -0.980. The van der Waals surface area contributed by atoms with Crippen LogP contribution in [0.25, 0.3) is 0 Å². The highest BCUT2D eigenvalue weighted by Gasteiger charge is 2.25. The maximum absolute atomic E-state index is 5.26. The molecule has 2 unspecified atom stereocenters. The first-order valence-electron chi connectivity index (χ1n) is 5.90. The molecule has 82 valence electrons. The van der Waals surface area contributed by atoms with Crippen LogP contribution in [-0.4, -0.2) is 7.11 Å². The molecule has 0 heterocycles. The van der Waals surface area contributed by atoms with Gasteiger partial charge in [0.05, 0.1) is 7.11 Å². The molecule has 0 aromatic heterocycles. The zero-order valence-electron chi connectivity index (χ0n) is 9.92. The van der Waals surface area contributed by atoms with Gasteiger partial charge in [-0.25, -0.2) is 0 Å². The molecule has 1 aromatic carbocycles. The quantitative estimate of drug-likeness (QED) is 0.732. The van der Waals surface area contributed by atoms with Crippen LogP contribution in [0.2, 0.25) is 0 Å². The number of rotatable bonds is 3. The van der Waals surface area contributed by atoms with Crippen molar-refractivity contribution >= 4 is 0 Å². The van der Waals surface area contributed by atoms with E-state index in [4.69, 9.17) is 4.74 Å². The minimum atomic E-state index is 0.836. The van der Waals surface area contributed by atoms with Gasteiger partial charge in [0.2, 0.25) is 0 Å². The molecule has 15 heavy (non-hydrogen) atoms. The van der Waals surface area contributed by atoms with Crippen LogP contribution >= 0.6 is 0 Å². The highest BCUT2D eigenvalue weighted by Crippen LogP contribution is 2.34. The zero-order chi connectivity index (χ0) is 10.8. The molecular formula is C14H20O.